The minimum absolute atomic E-state index is 0.0477. The summed E-state index contributed by atoms with van der Waals surface area (Å²) >= 11 is 7.78. The van der Waals surface area contributed by atoms with Gasteiger partial charge >= 0.3 is 0 Å². The number of piperazine rings is 1. The van der Waals surface area contributed by atoms with Crippen LogP contribution in [0.4, 0.5) is 5.13 Å². The number of anilines is 1. The van der Waals surface area contributed by atoms with Crippen LogP contribution in [0.5, 0.6) is 0 Å². The van der Waals surface area contributed by atoms with E-state index in [0.29, 0.717) is 18.7 Å². The van der Waals surface area contributed by atoms with Crippen LogP contribution in [0, 0.1) is 0 Å². The molecule has 0 spiro atoms. The second kappa shape index (κ2) is 8.70. The number of thiazole rings is 1. The summed E-state index contributed by atoms with van der Waals surface area (Å²) in [4.78, 5) is 27.4. The Morgan fingerprint density at radius 2 is 1.59 bits per heavy atom. The fourth-order valence-corrected chi connectivity index (χ4v) is 5.70. The van der Waals surface area contributed by atoms with Crippen LogP contribution in [0.2, 0.25) is 5.02 Å². The number of carbonyl (C=O) groups excluding carboxylic acids is 1. The first-order chi connectivity index (χ1) is 16.7. The van der Waals surface area contributed by atoms with Crippen molar-refractivity contribution >= 4 is 55.1 Å². The number of benzene rings is 3. The van der Waals surface area contributed by atoms with Crippen LogP contribution < -0.4 is 4.90 Å². The van der Waals surface area contributed by atoms with E-state index in [0.717, 1.165) is 55.6 Å². The van der Waals surface area contributed by atoms with Crippen molar-refractivity contribution in [2.24, 2.45) is 0 Å². The third kappa shape index (κ3) is 3.89. The fourth-order valence-electron chi connectivity index (χ4n) is 4.40. The van der Waals surface area contributed by atoms with E-state index in [1.165, 1.54) is 0 Å². The van der Waals surface area contributed by atoms with Gasteiger partial charge in [-0.05, 0) is 30.3 Å². The molecule has 34 heavy (non-hydrogen) atoms. The molecule has 168 valence electrons. The van der Waals surface area contributed by atoms with Gasteiger partial charge in [0.1, 0.15) is 0 Å². The van der Waals surface area contributed by atoms with Crippen molar-refractivity contribution in [2.45, 2.75) is 0 Å². The van der Waals surface area contributed by atoms with Crippen molar-refractivity contribution in [3.8, 4) is 11.3 Å². The van der Waals surface area contributed by atoms with Gasteiger partial charge in [0.25, 0.3) is 5.91 Å². The van der Waals surface area contributed by atoms with Gasteiger partial charge in [-0.2, -0.15) is 0 Å². The van der Waals surface area contributed by atoms with E-state index in [-0.39, 0.29) is 5.91 Å². The molecule has 1 saturated heterocycles. The normalized spacial score (nSPS) is 14.1. The SMILES string of the molecule is O=C(c1cc(-c2ccccc2)nc2ccccc12)N1CCN(c2nc3ccc(Cl)cc3s2)CC1. The van der Waals surface area contributed by atoms with Crippen LogP contribution in [0.3, 0.4) is 0 Å². The van der Waals surface area contributed by atoms with Crippen molar-refractivity contribution < 1.29 is 4.79 Å². The molecule has 5 aromatic rings. The summed E-state index contributed by atoms with van der Waals surface area (Å²) in [6.07, 6.45) is 0. The van der Waals surface area contributed by atoms with Crippen LogP contribution in [0.25, 0.3) is 32.4 Å². The lowest BCUT2D eigenvalue weighted by Crippen LogP contribution is -2.48. The van der Waals surface area contributed by atoms with Crippen LogP contribution in [0.15, 0.2) is 78.9 Å². The Morgan fingerprint density at radius 3 is 2.41 bits per heavy atom. The predicted octanol–water partition coefficient (Wildman–Crippen LogP) is 6.13. The summed E-state index contributed by atoms with van der Waals surface area (Å²) in [5.74, 6) is 0.0477. The number of carbonyl (C=O) groups is 1. The maximum Gasteiger partial charge on any atom is 0.254 e. The number of hydrogen-bond donors (Lipinski definition) is 0. The van der Waals surface area contributed by atoms with Crippen molar-refractivity contribution in [2.75, 3.05) is 31.1 Å². The van der Waals surface area contributed by atoms with E-state index in [4.69, 9.17) is 21.6 Å². The fraction of sp³-hybridized carbons (Fsp3) is 0.148. The number of nitrogens with zero attached hydrogens (tertiary/aromatic N) is 4. The number of fused-ring (bicyclic) bond motifs is 2. The van der Waals surface area contributed by atoms with Gasteiger partial charge in [0.15, 0.2) is 5.13 Å². The number of aromatic nitrogens is 2. The molecule has 0 N–H and O–H groups in total. The Morgan fingerprint density at radius 1 is 0.824 bits per heavy atom. The molecule has 1 aliphatic rings. The van der Waals surface area contributed by atoms with Crippen LogP contribution in [-0.2, 0) is 0 Å². The molecule has 5 nitrogen and oxygen atoms in total. The number of pyridine rings is 1. The molecule has 1 aliphatic heterocycles. The van der Waals surface area contributed by atoms with Gasteiger partial charge in [-0.25, -0.2) is 9.97 Å². The summed E-state index contributed by atoms with van der Waals surface area (Å²) < 4.78 is 1.08. The van der Waals surface area contributed by atoms with Crippen molar-refractivity contribution in [1.82, 2.24) is 14.9 Å². The average molecular weight is 485 g/mol. The van der Waals surface area contributed by atoms with E-state index in [1.807, 2.05) is 83.8 Å². The standard InChI is InChI=1S/C27H21ClN4OS/c28-19-10-11-23-25(16-19)34-27(30-23)32-14-12-31(13-15-32)26(33)21-17-24(18-6-2-1-3-7-18)29-22-9-5-4-8-20(21)22/h1-11,16-17H,12-15H2. The molecule has 0 atom stereocenters. The maximum absolute atomic E-state index is 13.7. The molecule has 3 heterocycles. The summed E-state index contributed by atoms with van der Waals surface area (Å²) in [7, 11) is 0. The second-order valence-electron chi connectivity index (χ2n) is 8.33. The molecule has 0 bridgehead atoms. The minimum Gasteiger partial charge on any atom is -0.345 e. The quantitative estimate of drug-likeness (QED) is 0.309. The Hall–Kier alpha value is -3.48. The number of rotatable bonds is 3. The lowest BCUT2D eigenvalue weighted by molar-refractivity contribution is 0.0748. The Balaban J connectivity index is 1.27. The largest absolute Gasteiger partial charge is 0.345 e. The van der Waals surface area contributed by atoms with E-state index in [2.05, 4.69) is 4.90 Å². The average Bonchev–Trinajstić information content (AvgIpc) is 3.31. The van der Waals surface area contributed by atoms with E-state index in [9.17, 15) is 4.79 Å². The molecular weight excluding hydrogens is 464 g/mol. The maximum atomic E-state index is 13.7. The summed E-state index contributed by atoms with van der Waals surface area (Å²) in [5, 5.41) is 2.58. The predicted molar refractivity (Wildman–Crippen MR) is 140 cm³/mol. The summed E-state index contributed by atoms with van der Waals surface area (Å²) in [5.41, 5.74) is 4.31. The molecule has 0 radical (unpaired) electrons. The lowest BCUT2D eigenvalue weighted by atomic mass is 10.0. The van der Waals surface area contributed by atoms with E-state index >= 15 is 0 Å². The highest BCUT2D eigenvalue weighted by Crippen LogP contribution is 2.32. The lowest BCUT2D eigenvalue weighted by Gasteiger charge is -2.34. The Labute approximate surface area is 206 Å². The number of amides is 1. The molecule has 0 saturated carbocycles. The second-order valence-corrected chi connectivity index (χ2v) is 9.77. The Kier molecular flexibility index (Phi) is 5.40. The molecule has 6 rings (SSSR count). The van der Waals surface area contributed by atoms with Gasteiger partial charge in [-0.15, -0.1) is 0 Å². The van der Waals surface area contributed by atoms with E-state index < -0.39 is 0 Å². The van der Waals surface area contributed by atoms with Gasteiger partial charge in [0.05, 0.1) is 27.0 Å². The van der Waals surface area contributed by atoms with Crippen LogP contribution >= 0.6 is 22.9 Å². The number of para-hydroxylation sites is 1. The van der Waals surface area contributed by atoms with Gasteiger partial charge in [-0.3, -0.25) is 4.79 Å². The highest BCUT2D eigenvalue weighted by atomic mass is 35.5. The highest BCUT2D eigenvalue weighted by molar-refractivity contribution is 7.22. The van der Waals surface area contributed by atoms with Gasteiger partial charge in [0.2, 0.25) is 0 Å². The number of halogens is 1. The molecule has 2 aromatic heterocycles. The molecule has 7 heteroatoms. The first-order valence-corrected chi connectivity index (χ1v) is 12.4. The first-order valence-electron chi connectivity index (χ1n) is 11.2. The molecule has 0 unspecified atom stereocenters. The van der Waals surface area contributed by atoms with Crippen molar-refractivity contribution in [1.29, 1.82) is 0 Å². The zero-order chi connectivity index (χ0) is 23.1. The molecular formula is C27H21ClN4OS. The van der Waals surface area contributed by atoms with Crippen molar-refractivity contribution in [3.05, 3.63) is 89.4 Å². The summed E-state index contributed by atoms with van der Waals surface area (Å²) in [6, 6.07) is 25.6. The Bertz CT molecular complexity index is 1510. The topological polar surface area (TPSA) is 49.3 Å². The van der Waals surface area contributed by atoms with Gasteiger partial charge in [0, 0.05) is 42.2 Å². The number of hydrogen-bond acceptors (Lipinski definition) is 5. The molecule has 0 aliphatic carbocycles. The zero-order valence-corrected chi connectivity index (χ0v) is 19.9. The van der Waals surface area contributed by atoms with Gasteiger partial charge < -0.3 is 9.80 Å². The summed E-state index contributed by atoms with van der Waals surface area (Å²) in [6.45, 7) is 2.78. The smallest absolute Gasteiger partial charge is 0.254 e. The monoisotopic (exact) mass is 484 g/mol. The van der Waals surface area contributed by atoms with Crippen molar-refractivity contribution in [3.63, 3.8) is 0 Å². The van der Waals surface area contributed by atoms with Crippen LogP contribution in [0.1, 0.15) is 10.4 Å². The van der Waals surface area contributed by atoms with E-state index in [1.54, 1.807) is 11.3 Å². The molecule has 3 aromatic carbocycles. The van der Waals surface area contributed by atoms with Gasteiger partial charge in [-0.1, -0.05) is 71.5 Å². The third-order valence-corrected chi connectivity index (χ3v) is 7.51. The third-order valence-electron chi connectivity index (χ3n) is 6.19. The first kappa shape index (κ1) is 21.1. The van der Waals surface area contributed by atoms with Crippen LogP contribution in [-0.4, -0.2) is 47.0 Å². The highest BCUT2D eigenvalue weighted by Gasteiger charge is 2.25. The molecule has 1 fully saturated rings. The minimum atomic E-state index is 0.0477. The molecule has 1 amide bonds. The zero-order valence-electron chi connectivity index (χ0n) is 18.3.